The van der Waals surface area contributed by atoms with E-state index in [9.17, 15) is 22.8 Å². The maximum Gasteiger partial charge on any atom is 0.404 e. The molecule has 5 nitrogen and oxygen atoms in total. The molecule has 2 saturated heterocycles. The Labute approximate surface area is 108 Å². The summed E-state index contributed by atoms with van der Waals surface area (Å²) in [5, 5.41) is 5.13. The largest absolute Gasteiger partial charge is 0.404 e. The van der Waals surface area contributed by atoms with Gasteiger partial charge in [-0.1, -0.05) is 0 Å². The zero-order valence-corrected chi connectivity index (χ0v) is 10.5. The zero-order valence-electron chi connectivity index (χ0n) is 10.5. The number of carbonyl (C=O) groups excluding carboxylic acids is 2. The molecule has 108 valence electrons. The molecule has 19 heavy (non-hydrogen) atoms. The Balaban J connectivity index is 2.28. The molecule has 2 aliphatic rings. The minimum atomic E-state index is -4.61. The van der Waals surface area contributed by atoms with Crippen molar-refractivity contribution in [3.8, 4) is 0 Å². The molecule has 0 bridgehead atoms. The fourth-order valence-corrected chi connectivity index (χ4v) is 2.57. The van der Waals surface area contributed by atoms with E-state index in [1.807, 2.05) is 0 Å². The van der Waals surface area contributed by atoms with Crippen LogP contribution in [0.4, 0.5) is 13.2 Å². The van der Waals surface area contributed by atoms with Gasteiger partial charge >= 0.3 is 6.18 Å². The number of piperazine rings is 1. The van der Waals surface area contributed by atoms with Crippen molar-refractivity contribution in [2.75, 3.05) is 26.2 Å². The smallest absolute Gasteiger partial charge is 0.353 e. The molecule has 2 atom stereocenters. The third-order valence-electron chi connectivity index (χ3n) is 3.87. The topological polar surface area (TPSA) is 61.4 Å². The minimum Gasteiger partial charge on any atom is -0.353 e. The second-order valence-electron chi connectivity index (χ2n) is 4.97. The Morgan fingerprint density at radius 1 is 1.42 bits per heavy atom. The van der Waals surface area contributed by atoms with Crippen LogP contribution in [0.5, 0.6) is 0 Å². The monoisotopic (exact) mass is 279 g/mol. The minimum absolute atomic E-state index is 0.115. The standard InChI is InChI=1S/C11H16F3N3O2/c1-7-8(18)16-4-5-17(7)9(19)10(11(12,13)14)2-3-15-6-10/h7,15H,2-6H2,1H3,(H,16,18). The first-order valence-corrected chi connectivity index (χ1v) is 6.16. The number of rotatable bonds is 1. The lowest BCUT2D eigenvalue weighted by atomic mass is 9.84. The third kappa shape index (κ3) is 2.18. The van der Waals surface area contributed by atoms with Gasteiger partial charge in [0, 0.05) is 19.6 Å². The fourth-order valence-electron chi connectivity index (χ4n) is 2.57. The van der Waals surface area contributed by atoms with E-state index in [4.69, 9.17) is 0 Å². The van der Waals surface area contributed by atoms with Gasteiger partial charge in [-0.25, -0.2) is 0 Å². The molecule has 2 fully saturated rings. The number of nitrogens with one attached hydrogen (secondary N) is 2. The number of halogens is 3. The number of carbonyl (C=O) groups is 2. The Morgan fingerprint density at radius 2 is 2.11 bits per heavy atom. The molecule has 2 N–H and O–H groups in total. The number of nitrogens with zero attached hydrogens (tertiary/aromatic N) is 1. The van der Waals surface area contributed by atoms with Gasteiger partial charge in [-0.15, -0.1) is 0 Å². The van der Waals surface area contributed by atoms with Gasteiger partial charge in [0.15, 0.2) is 5.41 Å². The van der Waals surface area contributed by atoms with Crippen LogP contribution in [-0.4, -0.2) is 55.1 Å². The van der Waals surface area contributed by atoms with Crippen LogP contribution in [0.1, 0.15) is 13.3 Å². The van der Waals surface area contributed by atoms with Gasteiger partial charge in [0.1, 0.15) is 6.04 Å². The molecule has 0 radical (unpaired) electrons. The van der Waals surface area contributed by atoms with E-state index in [0.29, 0.717) is 0 Å². The van der Waals surface area contributed by atoms with Gasteiger partial charge in [-0.3, -0.25) is 9.59 Å². The highest BCUT2D eigenvalue weighted by atomic mass is 19.4. The fraction of sp³-hybridized carbons (Fsp3) is 0.818. The van der Waals surface area contributed by atoms with E-state index in [1.54, 1.807) is 0 Å². The van der Waals surface area contributed by atoms with Crippen LogP contribution in [0.3, 0.4) is 0 Å². The van der Waals surface area contributed by atoms with Crippen LogP contribution < -0.4 is 10.6 Å². The van der Waals surface area contributed by atoms with Crippen molar-refractivity contribution < 1.29 is 22.8 Å². The summed E-state index contributed by atoms with van der Waals surface area (Å²) in [7, 11) is 0. The molecular formula is C11H16F3N3O2. The second-order valence-corrected chi connectivity index (χ2v) is 4.97. The molecule has 0 spiro atoms. The number of amides is 2. The molecule has 0 saturated carbocycles. The molecule has 2 aliphatic heterocycles. The van der Waals surface area contributed by atoms with E-state index < -0.39 is 36.0 Å². The van der Waals surface area contributed by atoms with Gasteiger partial charge in [-0.2, -0.15) is 13.2 Å². The third-order valence-corrected chi connectivity index (χ3v) is 3.87. The summed E-state index contributed by atoms with van der Waals surface area (Å²) in [6.45, 7) is 1.48. The predicted octanol–water partition coefficient (Wildman–Crippen LogP) is -0.125. The molecule has 0 aromatic rings. The van der Waals surface area contributed by atoms with Crippen LogP contribution in [-0.2, 0) is 9.59 Å². The maximum absolute atomic E-state index is 13.3. The Morgan fingerprint density at radius 3 is 2.63 bits per heavy atom. The van der Waals surface area contributed by atoms with Crippen molar-refractivity contribution in [2.45, 2.75) is 25.6 Å². The molecule has 2 heterocycles. The first-order valence-electron chi connectivity index (χ1n) is 6.16. The van der Waals surface area contributed by atoms with Gasteiger partial charge in [0.2, 0.25) is 11.8 Å². The van der Waals surface area contributed by atoms with Gasteiger partial charge in [-0.05, 0) is 19.9 Å². The van der Waals surface area contributed by atoms with E-state index in [1.165, 1.54) is 6.92 Å². The highest BCUT2D eigenvalue weighted by Crippen LogP contribution is 2.44. The molecule has 0 aromatic heterocycles. The second kappa shape index (κ2) is 4.66. The molecule has 2 rings (SSSR count). The average molecular weight is 279 g/mol. The first-order chi connectivity index (χ1) is 8.79. The van der Waals surface area contributed by atoms with E-state index >= 15 is 0 Å². The molecular weight excluding hydrogens is 263 g/mol. The van der Waals surface area contributed by atoms with Crippen molar-refractivity contribution >= 4 is 11.8 Å². The van der Waals surface area contributed by atoms with Crippen LogP contribution in [0.15, 0.2) is 0 Å². The van der Waals surface area contributed by atoms with Crippen LogP contribution in [0, 0.1) is 5.41 Å². The van der Waals surface area contributed by atoms with Crippen LogP contribution >= 0.6 is 0 Å². The number of alkyl halides is 3. The molecule has 2 amide bonds. The maximum atomic E-state index is 13.3. The van der Waals surface area contributed by atoms with Crippen LogP contribution in [0.2, 0.25) is 0 Å². The van der Waals surface area contributed by atoms with Crippen molar-refractivity contribution in [3.05, 3.63) is 0 Å². The molecule has 2 unspecified atom stereocenters. The summed E-state index contributed by atoms with van der Waals surface area (Å²) in [6, 6.07) is -0.860. The van der Waals surface area contributed by atoms with Crippen LogP contribution in [0.25, 0.3) is 0 Å². The SMILES string of the molecule is CC1C(=O)NCCN1C(=O)C1(C(F)(F)F)CCNC1. The lowest BCUT2D eigenvalue weighted by Crippen LogP contribution is -2.62. The number of hydrogen-bond donors (Lipinski definition) is 2. The van der Waals surface area contributed by atoms with E-state index in [0.717, 1.165) is 4.90 Å². The summed E-state index contributed by atoms with van der Waals surface area (Å²) in [5.41, 5.74) is -2.39. The van der Waals surface area contributed by atoms with Crippen molar-refractivity contribution in [3.63, 3.8) is 0 Å². The summed E-state index contributed by atoms with van der Waals surface area (Å²) in [4.78, 5) is 24.8. The Bertz CT molecular complexity index is 391. The lowest BCUT2D eigenvalue weighted by Gasteiger charge is -2.39. The molecule has 0 aromatic carbocycles. The van der Waals surface area contributed by atoms with Gasteiger partial charge < -0.3 is 15.5 Å². The van der Waals surface area contributed by atoms with Gasteiger partial charge in [0.05, 0.1) is 0 Å². The summed E-state index contributed by atoms with van der Waals surface area (Å²) < 4.78 is 39.8. The summed E-state index contributed by atoms with van der Waals surface area (Å²) in [5.74, 6) is -1.41. The molecule has 0 aliphatic carbocycles. The van der Waals surface area contributed by atoms with Crippen molar-refractivity contribution in [2.24, 2.45) is 5.41 Å². The predicted molar refractivity (Wildman–Crippen MR) is 60.2 cm³/mol. The Kier molecular flexibility index (Phi) is 3.46. The first kappa shape index (κ1) is 14.1. The average Bonchev–Trinajstić information content (AvgIpc) is 2.81. The lowest BCUT2D eigenvalue weighted by molar-refractivity contribution is -0.223. The Hall–Kier alpha value is -1.31. The van der Waals surface area contributed by atoms with Crippen molar-refractivity contribution in [1.82, 2.24) is 15.5 Å². The molecule has 8 heteroatoms. The highest BCUT2D eigenvalue weighted by Gasteiger charge is 2.63. The zero-order chi connectivity index (χ0) is 14.3. The quantitative estimate of drug-likeness (QED) is 0.703. The highest BCUT2D eigenvalue weighted by molar-refractivity contribution is 5.91. The van der Waals surface area contributed by atoms with Crippen molar-refractivity contribution in [1.29, 1.82) is 0 Å². The van der Waals surface area contributed by atoms with E-state index in [-0.39, 0.29) is 26.1 Å². The van der Waals surface area contributed by atoms with E-state index in [2.05, 4.69) is 10.6 Å². The normalized spacial score (nSPS) is 32.3. The van der Waals surface area contributed by atoms with Gasteiger partial charge in [0.25, 0.3) is 0 Å². The summed E-state index contributed by atoms with van der Waals surface area (Å²) in [6.07, 6.45) is -4.89. The summed E-state index contributed by atoms with van der Waals surface area (Å²) >= 11 is 0. The number of hydrogen-bond acceptors (Lipinski definition) is 3.